The Morgan fingerprint density at radius 2 is 1.82 bits per heavy atom. The van der Waals surface area contributed by atoms with Crippen molar-refractivity contribution in [3.8, 4) is 16.3 Å². The lowest BCUT2D eigenvalue weighted by Crippen LogP contribution is -2.21. The second-order valence-corrected chi connectivity index (χ2v) is 9.21. The molecule has 0 radical (unpaired) electrons. The van der Waals surface area contributed by atoms with Gasteiger partial charge in [-0.15, -0.1) is 11.3 Å². The fourth-order valence-electron chi connectivity index (χ4n) is 3.93. The summed E-state index contributed by atoms with van der Waals surface area (Å²) in [7, 11) is 0. The SMILES string of the molecule is Cc1nn(-c2ccccc2)c2nc(-c3cccs3)cc(C(=O)OCC(=O)Nc3cccc(C(F)(F)F)c3)c12. The van der Waals surface area contributed by atoms with Gasteiger partial charge in [-0.05, 0) is 54.8 Å². The zero-order valence-corrected chi connectivity index (χ0v) is 20.6. The number of alkyl halides is 3. The van der Waals surface area contributed by atoms with Crippen molar-refractivity contribution >= 4 is 39.9 Å². The summed E-state index contributed by atoms with van der Waals surface area (Å²) in [4.78, 5) is 31.2. The fourth-order valence-corrected chi connectivity index (χ4v) is 4.62. The number of carbonyl (C=O) groups is 2. The molecule has 192 valence electrons. The summed E-state index contributed by atoms with van der Waals surface area (Å²) >= 11 is 1.45. The van der Waals surface area contributed by atoms with E-state index in [9.17, 15) is 22.8 Å². The summed E-state index contributed by atoms with van der Waals surface area (Å²) in [6, 6.07) is 18.8. The summed E-state index contributed by atoms with van der Waals surface area (Å²) in [5, 5.41) is 9.26. The van der Waals surface area contributed by atoms with Crippen molar-refractivity contribution in [2.75, 3.05) is 11.9 Å². The lowest BCUT2D eigenvalue weighted by molar-refractivity contribution is -0.137. The molecule has 3 heterocycles. The van der Waals surface area contributed by atoms with Gasteiger partial charge < -0.3 is 10.1 Å². The lowest BCUT2D eigenvalue weighted by Gasteiger charge is -2.11. The van der Waals surface area contributed by atoms with Gasteiger partial charge in [0.2, 0.25) is 0 Å². The van der Waals surface area contributed by atoms with Gasteiger partial charge in [0.1, 0.15) is 0 Å². The Bertz CT molecular complexity index is 1630. The minimum Gasteiger partial charge on any atom is -0.452 e. The zero-order valence-electron chi connectivity index (χ0n) is 19.8. The van der Waals surface area contributed by atoms with Gasteiger partial charge in [0.05, 0.1) is 38.5 Å². The second kappa shape index (κ2) is 10.1. The van der Waals surface area contributed by atoms with Gasteiger partial charge in [-0.1, -0.05) is 30.3 Å². The molecular formula is C27H19F3N4O3S. The standard InChI is InChI=1S/C27H19F3N4O3S/c1-16-24-20(26(36)37-15-23(35)31-18-8-5-7-17(13-18)27(28,29)30)14-21(22-11-6-12-38-22)32-25(24)34(33-16)19-9-3-2-4-10-19/h2-14H,15H2,1H3,(H,31,35). The number of hydrogen-bond acceptors (Lipinski definition) is 6. The van der Waals surface area contributed by atoms with Crippen LogP contribution in [0.1, 0.15) is 21.6 Å². The number of nitrogens with one attached hydrogen (secondary N) is 1. The van der Waals surface area contributed by atoms with Gasteiger partial charge in [-0.2, -0.15) is 18.3 Å². The van der Waals surface area contributed by atoms with E-state index in [0.29, 0.717) is 22.4 Å². The molecule has 0 saturated heterocycles. The Balaban J connectivity index is 1.44. The van der Waals surface area contributed by atoms with Gasteiger partial charge in [0, 0.05) is 5.69 Å². The third-order valence-electron chi connectivity index (χ3n) is 5.62. The number of benzene rings is 2. The van der Waals surface area contributed by atoms with Crippen LogP contribution in [0.2, 0.25) is 0 Å². The number of nitrogens with zero attached hydrogens (tertiary/aromatic N) is 3. The number of thiophene rings is 1. The third-order valence-corrected chi connectivity index (χ3v) is 6.51. The van der Waals surface area contributed by atoms with E-state index >= 15 is 0 Å². The number of ether oxygens (including phenoxy) is 1. The lowest BCUT2D eigenvalue weighted by atomic mass is 10.1. The van der Waals surface area contributed by atoms with Crippen molar-refractivity contribution in [2.45, 2.75) is 13.1 Å². The highest BCUT2D eigenvalue weighted by atomic mass is 32.1. The molecule has 0 aliphatic heterocycles. The monoisotopic (exact) mass is 536 g/mol. The molecule has 0 atom stereocenters. The van der Waals surface area contributed by atoms with Gasteiger partial charge in [-0.3, -0.25) is 4.79 Å². The van der Waals surface area contributed by atoms with Crippen molar-refractivity contribution < 1.29 is 27.5 Å². The summed E-state index contributed by atoms with van der Waals surface area (Å²) in [6.45, 7) is 1.05. The molecule has 0 unspecified atom stereocenters. The Morgan fingerprint density at radius 1 is 1.03 bits per heavy atom. The van der Waals surface area contributed by atoms with E-state index in [2.05, 4.69) is 10.4 Å². The maximum atomic E-state index is 13.2. The normalized spacial score (nSPS) is 11.5. The molecule has 1 N–H and O–H groups in total. The van der Waals surface area contributed by atoms with E-state index < -0.39 is 30.2 Å². The van der Waals surface area contributed by atoms with E-state index in [1.165, 1.54) is 23.5 Å². The highest BCUT2D eigenvalue weighted by Crippen LogP contribution is 2.32. The Labute approximate surface area is 218 Å². The first-order valence-corrected chi connectivity index (χ1v) is 12.2. The first kappa shape index (κ1) is 25.2. The largest absolute Gasteiger partial charge is 0.452 e. The van der Waals surface area contributed by atoms with Crippen molar-refractivity contribution in [1.82, 2.24) is 14.8 Å². The average Bonchev–Trinajstić information content (AvgIpc) is 3.56. The van der Waals surface area contributed by atoms with E-state index in [4.69, 9.17) is 9.72 Å². The molecule has 38 heavy (non-hydrogen) atoms. The van der Waals surface area contributed by atoms with E-state index in [1.54, 1.807) is 17.7 Å². The first-order chi connectivity index (χ1) is 18.2. The average molecular weight is 537 g/mol. The van der Waals surface area contributed by atoms with Crippen LogP contribution in [0.5, 0.6) is 0 Å². The number of aromatic nitrogens is 3. The smallest absolute Gasteiger partial charge is 0.416 e. The number of rotatable bonds is 6. The van der Waals surface area contributed by atoms with Gasteiger partial charge >= 0.3 is 12.1 Å². The summed E-state index contributed by atoms with van der Waals surface area (Å²) in [5.41, 5.74) is 1.47. The van der Waals surface area contributed by atoms with Crippen LogP contribution in [0.4, 0.5) is 18.9 Å². The van der Waals surface area contributed by atoms with Crippen molar-refractivity contribution in [3.63, 3.8) is 0 Å². The third kappa shape index (κ3) is 5.14. The topological polar surface area (TPSA) is 86.1 Å². The molecule has 0 fully saturated rings. The number of halogens is 3. The number of hydrogen-bond donors (Lipinski definition) is 1. The van der Waals surface area contributed by atoms with Crippen molar-refractivity contribution in [1.29, 1.82) is 0 Å². The summed E-state index contributed by atoms with van der Waals surface area (Å²) in [6.07, 6.45) is -4.55. The van der Waals surface area contributed by atoms with Gasteiger partial charge in [0.15, 0.2) is 12.3 Å². The minimum absolute atomic E-state index is 0.0628. The molecule has 7 nitrogen and oxygen atoms in total. The number of aryl methyl sites for hydroxylation is 1. The summed E-state index contributed by atoms with van der Waals surface area (Å²) < 4.78 is 45.8. The molecule has 1 amide bonds. The number of amides is 1. The van der Waals surface area contributed by atoms with Crippen LogP contribution in [0.15, 0.2) is 78.2 Å². The number of para-hydroxylation sites is 1. The molecule has 3 aromatic heterocycles. The number of esters is 1. The summed E-state index contributed by atoms with van der Waals surface area (Å²) in [5.74, 6) is -1.57. The maximum absolute atomic E-state index is 13.2. The Kier molecular flexibility index (Phi) is 6.68. The van der Waals surface area contributed by atoms with Crippen molar-refractivity contribution in [2.24, 2.45) is 0 Å². The van der Waals surface area contributed by atoms with Gasteiger partial charge in [-0.25, -0.2) is 14.5 Å². The van der Waals surface area contributed by atoms with E-state index in [1.807, 2.05) is 47.8 Å². The van der Waals surface area contributed by atoms with Crippen LogP contribution in [-0.2, 0) is 15.7 Å². The highest BCUT2D eigenvalue weighted by Gasteiger charge is 2.30. The molecule has 0 aliphatic carbocycles. The first-order valence-electron chi connectivity index (χ1n) is 11.3. The molecule has 0 spiro atoms. The van der Waals surface area contributed by atoms with Crippen LogP contribution in [0.3, 0.4) is 0 Å². The molecule has 0 saturated carbocycles. The fraction of sp³-hybridized carbons (Fsp3) is 0.111. The van der Waals surface area contributed by atoms with Crippen LogP contribution in [0.25, 0.3) is 27.3 Å². The van der Waals surface area contributed by atoms with Crippen LogP contribution in [0, 0.1) is 6.92 Å². The predicted octanol–water partition coefficient (Wildman–Crippen LogP) is 6.27. The van der Waals surface area contributed by atoms with E-state index in [-0.39, 0.29) is 11.3 Å². The minimum atomic E-state index is -4.55. The van der Waals surface area contributed by atoms with Gasteiger partial charge in [0.25, 0.3) is 5.91 Å². The molecule has 11 heteroatoms. The molecular weight excluding hydrogens is 517 g/mol. The maximum Gasteiger partial charge on any atom is 0.416 e. The Morgan fingerprint density at radius 3 is 2.53 bits per heavy atom. The number of fused-ring (bicyclic) bond motifs is 1. The number of carbonyl (C=O) groups excluding carboxylic acids is 2. The second-order valence-electron chi connectivity index (χ2n) is 8.27. The Hall–Kier alpha value is -4.51. The molecule has 5 rings (SSSR count). The zero-order chi connectivity index (χ0) is 26.9. The molecule has 0 bridgehead atoms. The van der Waals surface area contributed by atoms with Crippen LogP contribution >= 0.6 is 11.3 Å². The highest BCUT2D eigenvalue weighted by molar-refractivity contribution is 7.13. The van der Waals surface area contributed by atoms with Crippen LogP contribution in [-0.4, -0.2) is 33.2 Å². The molecule has 2 aromatic carbocycles. The molecule has 0 aliphatic rings. The van der Waals surface area contributed by atoms with E-state index in [0.717, 1.165) is 22.7 Å². The van der Waals surface area contributed by atoms with Crippen molar-refractivity contribution in [3.05, 3.63) is 95.0 Å². The number of anilines is 1. The quantitative estimate of drug-likeness (QED) is 0.259. The molecule has 5 aromatic rings. The van der Waals surface area contributed by atoms with Crippen LogP contribution < -0.4 is 5.32 Å². The predicted molar refractivity (Wildman–Crippen MR) is 137 cm³/mol. The number of pyridine rings is 1.